The van der Waals surface area contributed by atoms with Gasteiger partial charge in [-0.3, -0.25) is 4.98 Å². The number of rotatable bonds is 3. The minimum atomic E-state index is -3.58. The van der Waals surface area contributed by atoms with E-state index in [2.05, 4.69) is 15.6 Å². The van der Waals surface area contributed by atoms with Crippen LogP contribution in [-0.2, 0) is 10.0 Å². The van der Waals surface area contributed by atoms with Crippen LogP contribution in [0.4, 0.5) is 5.69 Å². The first-order valence-corrected chi connectivity index (χ1v) is 11.2. The molecular weight excluding hydrogens is 410 g/mol. The lowest BCUT2D eigenvalue weighted by Gasteiger charge is -2.15. The summed E-state index contributed by atoms with van der Waals surface area (Å²) in [5, 5.41) is 15.6. The quantitative estimate of drug-likeness (QED) is 0.658. The maximum atomic E-state index is 11.8. The van der Waals surface area contributed by atoms with E-state index in [0.717, 1.165) is 22.0 Å². The first-order valence-electron chi connectivity index (χ1n) is 9.17. The predicted molar refractivity (Wildman–Crippen MR) is 114 cm³/mol. The van der Waals surface area contributed by atoms with E-state index >= 15 is 0 Å². The van der Waals surface area contributed by atoms with Gasteiger partial charge in [0.05, 0.1) is 33.8 Å². The first kappa shape index (κ1) is 19.7. The van der Waals surface area contributed by atoms with Gasteiger partial charge in [-0.15, -0.1) is 0 Å². The molecule has 9 heteroatoms. The molecule has 1 aromatic carbocycles. The molecule has 1 fully saturated rings. The smallest absolute Gasteiger partial charge is 0.212 e. The number of benzene rings is 1. The molecule has 4 N–H and O–H groups in total. The maximum Gasteiger partial charge on any atom is 0.212 e. The predicted octanol–water partition coefficient (Wildman–Crippen LogP) is 3.50. The van der Waals surface area contributed by atoms with Crippen molar-refractivity contribution >= 4 is 38.2 Å². The van der Waals surface area contributed by atoms with Gasteiger partial charge < -0.3 is 10.3 Å². The Labute approximate surface area is 173 Å². The molecule has 1 aliphatic rings. The Hall–Kier alpha value is -2.60. The molecule has 7 nitrogen and oxygen atoms in total. The summed E-state index contributed by atoms with van der Waals surface area (Å²) in [5.41, 5.74) is 10.1. The number of nitriles is 1. The summed E-state index contributed by atoms with van der Waals surface area (Å²) >= 11 is 6.45. The van der Waals surface area contributed by atoms with Crippen molar-refractivity contribution in [2.24, 2.45) is 5.14 Å². The molecule has 0 spiro atoms. The lowest BCUT2D eigenvalue weighted by molar-refractivity contribution is 0.531. The Bertz CT molecular complexity index is 1280. The minimum Gasteiger partial charge on any atom is -0.396 e. The standard InChI is InChI=1S/C20H20ClN5O2S/c1-11-4-19-15(5-12(11)7-22)17(16-8-25-9-18(23)20(16)21)10-26(19)13-2-3-14(6-13)29(24,27)28/h4-5,8-10,13-14H,2-3,6,23H2,1H3,(H2,24,27,28)/t13-,14+/m1/s1. The molecular formula is C20H20ClN5O2S. The van der Waals surface area contributed by atoms with Crippen LogP contribution >= 0.6 is 11.6 Å². The number of nitrogens with two attached hydrogens (primary N) is 2. The molecule has 150 valence electrons. The van der Waals surface area contributed by atoms with Crippen molar-refractivity contribution in [2.75, 3.05) is 5.73 Å². The fourth-order valence-corrected chi connectivity index (χ4v) is 5.31. The highest BCUT2D eigenvalue weighted by Crippen LogP contribution is 2.42. The zero-order chi connectivity index (χ0) is 20.9. The number of anilines is 1. The number of nitrogen functional groups attached to an aromatic ring is 1. The second-order valence-electron chi connectivity index (χ2n) is 7.51. The highest BCUT2D eigenvalue weighted by molar-refractivity contribution is 7.89. The molecule has 0 bridgehead atoms. The normalized spacial score (nSPS) is 19.5. The van der Waals surface area contributed by atoms with Crippen LogP contribution in [0.2, 0.25) is 5.02 Å². The van der Waals surface area contributed by atoms with Gasteiger partial charge >= 0.3 is 0 Å². The summed E-state index contributed by atoms with van der Waals surface area (Å²) in [5.74, 6) is 0. The van der Waals surface area contributed by atoms with Gasteiger partial charge in [0, 0.05) is 40.5 Å². The summed E-state index contributed by atoms with van der Waals surface area (Å²) in [7, 11) is -3.58. The van der Waals surface area contributed by atoms with Gasteiger partial charge in [-0.1, -0.05) is 11.6 Å². The Kier molecular flexibility index (Phi) is 4.77. The molecule has 0 saturated heterocycles. The van der Waals surface area contributed by atoms with E-state index in [0.29, 0.717) is 41.1 Å². The van der Waals surface area contributed by atoms with E-state index in [4.69, 9.17) is 22.5 Å². The molecule has 2 heterocycles. The minimum absolute atomic E-state index is 0.0188. The van der Waals surface area contributed by atoms with Crippen molar-refractivity contribution in [1.82, 2.24) is 9.55 Å². The molecule has 3 aromatic rings. The number of nitrogens with zero attached hydrogens (tertiary/aromatic N) is 3. The molecule has 2 aromatic heterocycles. The highest BCUT2D eigenvalue weighted by atomic mass is 35.5. The molecule has 0 aliphatic heterocycles. The first-order chi connectivity index (χ1) is 13.7. The summed E-state index contributed by atoms with van der Waals surface area (Å²) in [4.78, 5) is 4.16. The Morgan fingerprint density at radius 3 is 2.69 bits per heavy atom. The second-order valence-corrected chi connectivity index (χ2v) is 9.74. The van der Waals surface area contributed by atoms with Crippen molar-refractivity contribution in [3.8, 4) is 17.2 Å². The zero-order valence-electron chi connectivity index (χ0n) is 15.8. The van der Waals surface area contributed by atoms with E-state index in [1.807, 2.05) is 25.3 Å². The number of primary sulfonamides is 1. The lowest BCUT2D eigenvalue weighted by atomic mass is 10.0. The van der Waals surface area contributed by atoms with Crippen LogP contribution in [0.3, 0.4) is 0 Å². The fraction of sp³-hybridized carbons (Fsp3) is 0.300. The largest absolute Gasteiger partial charge is 0.396 e. The second kappa shape index (κ2) is 7.02. The number of halogens is 1. The Morgan fingerprint density at radius 1 is 1.28 bits per heavy atom. The van der Waals surface area contributed by atoms with Crippen LogP contribution < -0.4 is 10.9 Å². The van der Waals surface area contributed by atoms with Crippen LogP contribution in [-0.4, -0.2) is 23.2 Å². The molecule has 0 radical (unpaired) electrons. The number of sulfonamides is 1. The molecule has 0 amide bonds. The fourth-order valence-electron chi connectivity index (χ4n) is 4.15. The third-order valence-corrected chi connectivity index (χ3v) is 7.49. The van der Waals surface area contributed by atoms with Crippen LogP contribution in [0.15, 0.2) is 30.7 Å². The van der Waals surface area contributed by atoms with Crippen molar-refractivity contribution < 1.29 is 8.42 Å². The van der Waals surface area contributed by atoms with Gasteiger partial charge in [0.2, 0.25) is 10.0 Å². The molecule has 2 atom stereocenters. The number of pyridine rings is 1. The molecule has 4 rings (SSSR count). The lowest BCUT2D eigenvalue weighted by Crippen LogP contribution is -2.26. The average Bonchev–Trinajstić information content (AvgIpc) is 3.28. The van der Waals surface area contributed by atoms with E-state index in [9.17, 15) is 13.7 Å². The average molecular weight is 430 g/mol. The monoisotopic (exact) mass is 429 g/mol. The number of hydrogen-bond acceptors (Lipinski definition) is 5. The van der Waals surface area contributed by atoms with E-state index in [1.54, 1.807) is 6.20 Å². The topological polar surface area (TPSA) is 128 Å². The van der Waals surface area contributed by atoms with Gasteiger partial charge in [-0.25, -0.2) is 13.6 Å². The van der Waals surface area contributed by atoms with Gasteiger partial charge in [-0.2, -0.15) is 5.26 Å². The number of hydrogen-bond donors (Lipinski definition) is 2. The SMILES string of the molecule is Cc1cc2c(cc1C#N)c(-c1cncc(N)c1Cl)cn2[C@@H]1CC[C@H](S(N)(=O)=O)C1. The zero-order valence-corrected chi connectivity index (χ0v) is 17.3. The number of fused-ring (bicyclic) bond motifs is 1. The molecule has 0 unspecified atom stereocenters. The van der Waals surface area contributed by atoms with Gasteiger partial charge in [0.15, 0.2) is 0 Å². The van der Waals surface area contributed by atoms with Crippen molar-refractivity contribution in [1.29, 1.82) is 5.26 Å². The summed E-state index contributed by atoms with van der Waals surface area (Å²) in [6.45, 7) is 1.88. The number of aromatic nitrogens is 2. The third kappa shape index (κ3) is 3.35. The van der Waals surface area contributed by atoms with E-state index in [-0.39, 0.29) is 6.04 Å². The van der Waals surface area contributed by atoms with Crippen LogP contribution in [0.25, 0.3) is 22.0 Å². The highest BCUT2D eigenvalue weighted by Gasteiger charge is 2.34. The van der Waals surface area contributed by atoms with E-state index in [1.165, 1.54) is 6.20 Å². The van der Waals surface area contributed by atoms with Crippen molar-refractivity contribution in [3.63, 3.8) is 0 Å². The van der Waals surface area contributed by atoms with Crippen LogP contribution in [0, 0.1) is 18.3 Å². The Balaban J connectivity index is 1.94. The molecule has 1 aliphatic carbocycles. The summed E-state index contributed by atoms with van der Waals surface area (Å²) < 4.78 is 25.7. The third-order valence-electron chi connectivity index (χ3n) is 5.71. The number of aryl methyl sites for hydroxylation is 1. The summed E-state index contributed by atoms with van der Waals surface area (Å²) in [6, 6.07) is 5.99. The molecule has 1 saturated carbocycles. The Morgan fingerprint density at radius 2 is 2.03 bits per heavy atom. The van der Waals surface area contributed by atoms with Crippen molar-refractivity contribution in [2.45, 2.75) is 37.5 Å². The van der Waals surface area contributed by atoms with Crippen LogP contribution in [0.5, 0.6) is 0 Å². The van der Waals surface area contributed by atoms with Crippen LogP contribution in [0.1, 0.15) is 36.4 Å². The molecule has 29 heavy (non-hydrogen) atoms. The van der Waals surface area contributed by atoms with Crippen molar-refractivity contribution in [3.05, 3.63) is 46.9 Å². The van der Waals surface area contributed by atoms with Gasteiger partial charge in [0.25, 0.3) is 0 Å². The maximum absolute atomic E-state index is 11.8. The van der Waals surface area contributed by atoms with Gasteiger partial charge in [-0.05, 0) is 43.9 Å². The van der Waals surface area contributed by atoms with Gasteiger partial charge in [0.1, 0.15) is 0 Å². The summed E-state index contributed by atoms with van der Waals surface area (Å²) in [6.07, 6.45) is 6.75. The van der Waals surface area contributed by atoms with E-state index < -0.39 is 15.3 Å².